The number of rotatable bonds is 5. The van der Waals surface area contributed by atoms with E-state index >= 15 is 0 Å². The van der Waals surface area contributed by atoms with Crippen LogP contribution in [0.15, 0.2) is 84.9 Å². The first-order valence-corrected chi connectivity index (χ1v) is 8.29. The summed E-state index contributed by atoms with van der Waals surface area (Å²) >= 11 is 6.26. The highest BCUT2D eigenvalue weighted by atomic mass is 35.5. The van der Waals surface area contributed by atoms with Crippen LogP contribution < -0.4 is 5.32 Å². The molecule has 0 spiro atoms. The van der Waals surface area contributed by atoms with Gasteiger partial charge < -0.3 is 5.32 Å². The highest BCUT2D eigenvalue weighted by Crippen LogP contribution is 2.25. The van der Waals surface area contributed by atoms with Crippen LogP contribution in [0.4, 0.5) is 5.69 Å². The molecule has 1 amide bonds. The molecule has 0 fully saturated rings. The Hall–Kier alpha value is -2.91. The highest BCUT2D eigenvalue weighted by molar-refractivity contribution is 6.32. The molecule has 3 aromatic rings. The molecule has 3 nitrogen and oxygen atoms in total. The number of nitrogens with one attached hydrogen (secondary N) is 1. The van der Waals surface area contributed by atoms with Crippen LogP contribution in [0, 0.1) is 0 Å². The third-order valence-electron chi connectivity index (χ3n) is 3.79. The summed E-state index contributed by atoms with van der Waals surface area (Å²) < 4.78 is 0. The van der Waals surface area contributed by atoms with E-state index in [1.54, 1.807) is 60.7 Å². The number of anilines is 1. The first kappa shape index (κ1) is 16.9. The molecule has 0 saturated carbocycles. The molecule has 3 rings (SSSR count). The zero-order chi connectivity index (χ0) is 17.6. The topological polar surface area (TPSA) is 46.2 Å². The molecule has 1 N–H and O–H groups in total. The molecule has 25 heavy (non-hydrogen) atoms. The normalized spacial score (nSPS) is 11.6. The van der Waals surface area contributed by atoms with Crippen molar-refractivity contribution in [2.24, 2.45) is 0 Å². The monoisotopic (exact) mass is 349 g/mol. The molecule has 1 atom stereocenters. The molecule has 0 aliphatic heterocycles. The predicted octanol–water partition coefficient (Wildman–Crippen LogP) is 4.84. The lowest BCUT2D eigenvalue weighted by molar-refractivity contribution is -0.116. The first-order chi connectivity index (χ1) is 12.2. The number of amides is 1. The Bertz CT molecular complexity index is 879. The van der Waals surface area contributed by atoms with Crippen LogP contribution in [0.25, 0.3) is 0 Å². The van der Waals surface area contributed by atoms with Crippen molar-refractivity contribution in [2.75, 3.05) is 5.32 Å². The summed E-state index contributed by atoms with van der Waals surface area (Å²) in [6, 6.07) is 25.0. The smallest absolute Gasteiger partial charge is 0.246 e. The number of para-hydroxylation sites is 1. The lowest BCUT2D eigenvalue weighted by Gasteiger charge is -2.13. The van der Waals surface area contributed by atoms with Crippen LogP contribution in [0.3, 0.4) is 0 Å². The van der Waals surface area contributed by atoms with Gasteiger partial charge in [0.05, 0.1) is 5.69 Å². The lowest BCUT2D eigenvalue weighted by Crippen LogP contribution is -2.19. The summed E-state index contributed by atoms with van der Waals surface area (Å²) in [7, 11) is 0. The molecule has 0 bridgehead atoms. The maximum Gasteiger partial charge on any atom is 0.246 e. The second-order valence-corrected chi connectivity index (χ2v) is 5.94. The second kappa shape index (κ2) is 7.77. The van der Waals surface area contributed by atoms with Crippen LogP contribution >= 0.6 is 11.6 Å². The molecule has 1 unspecified atom stereocenters. The minimum atomic E-state index is -0.832. The highest BCUT2D eigenvalue weighted by Gasteiger charge is 2.20. The number of hydrogen-bond acceptors (Lipinski definition) is 2. The zero-order valence-electron chi connectivity index (χ0n) is 13.4. The van der Waals surface area contributed by atoms with E-state index in [0.717, 1.165) is 0 Å². The summed E-state index contributed by atoms with van der Waals surface area (Å²) in [5, 5.41) is 1.94. The van der Waals surface area contributed by atoms with Gasteiger partial charge in [-0.2, -0.15) is 0 Å². The molecule has 0 heterocycles. The van der Waals surface area contributed by atoms with Crippen LogP contribution in [-0.4, -0.2) is 11.7 Å². The van der Waals surface area contributed by atoms with Crippen molar-refractivity contribution in [3.63, 3.8) is 0 Å². The Balaban J connectivity index is 1.84. The number of alkyl halides is 1. The molecule has 124 valence electrons. The number of carbonyl (C=O) groups excluding carboxylic acids is 2. The zero-order valence-corrected chi connectivity index (χ0v) is 14.1. The molecule has 0 aliphatic carbocycles. The Labute approximate surface area is 151 Å². The number of carbonyl (C=O) groups is 2. The van der Waals surface area contributed by atoms with E-state index in [0.29, 0.717) is 22.4 Å². The van der Waals surface area contributed by atoms with Gasteiger partial charge in [0.25, 0.3) is 0 Å². The van der Waals surface area contributed by atoms with Crippen molar-refractivity contribution >= 4 is 29.0 Å². The fourth-order valence-corrected chi connectivity index (χ4v) is 2.70. The molecule has 4 heteroatoms. The lowest BCUT2D eigenvalue weighted by atomic mass is 10.0. The Morgan fingerprint density at radius 2 is 1.32 bits per heavy atom. The van der Waals surface area contributed by atoms with Crippen LogP contribution in [0.2, 0.25) is 0 Å². The largest absolute Gasteiger partial charge is 0.324 e. The van der Waals surface area contributed by atoms with E-state index in [4.69, 9.17) is 11.6 Å². The van der Waals surface area contributed by atoms with Gasteiger partial charge >= 0.3 is 0 Å². The quantitative estimate of drug-likeness (QED) is 0.529. The fraction of sp³-hybridized carbons (Fsp3) is 0.0476. The number of ketones is 1. The molecule has 0 saturated heterocycles. The van der Waals surface area contributed by atoms with Gasteiger partial charge in [0.2, 0.25) is 5.91 Å². The maximum atomic E-state index is 12.7. The van der Waals surface area contributed by atoms with Gasteiger partial charge in [-0.05, 0) is 17.7 Å². The molecular weight excluding hydrogens is 334 g/mol. The van der Waals surface area contributed by atoms with E-state index in [9.17, 15) is 9.59 Å². The van der Waals surface area contributed by atoms with Crippen molar-refractivity contribution in [1.82, 2.24) is 0 Å². The Kier molecular flexibility index (Phi) is 5.26. The molecule has 0 radical (unpaired) electrons. The van der Waals surface area contributed by atoms with Gasteiger partial charge in [-0.3, -0.25) is 9.59 Å². The summed E-state index contributed by atoms with van der Waals surface area (Å²) in [4.78, 5) is 25.2. The predicted molar refractivity (Wildman–Crippen MR) is 100.0 cm³/mol. The van der Waals surface area contributed by atoms with E-state index in [2.05, 4.69) is 5.32 Å². The average molecular weight is 350 g/mol. The maximum absolute atomic E-state index is 12.7. The summed E-state index contributed by atoms with van der Waals surface area (Å²) in [5.41, 5.74) is 2.14. The summed E-state index contributed by atoms with van der Waals surface area (Å²) in [5.74, 6) is -0.525. The number of benzene rings is 3. The van der Waals surface area contributed by atoms with Crippen molar-refractivity contribution in [1.29, 1.82) is 0 Å². The van der Waals surface area contributed by atoms with Gasteiger partial charge in [0.15, 0.2) is 5.78 Å². The Morgan fingerprint density at radius 3 is 2.00 bits per heavy atom. The third kappa shape index (κ3) is 3.95. The van der Waals surface area contributed by atoms with Crippen molar-refractivity contribution < 1.29 is 9.59 Å². The van der Waals surface area contributed by atoms with E-state index in [1.807, 2.05) is 24.3 Å². The SMILES string of the molecule is O=C(c1ccccc1)c1ccccc1NC(=O)C(Cl)c1ccccc1. The van der Waals surface area contributed by atoms with Gasteiger partial charge in [-0.1, -0.05) is 72.8 Å². The molecule has 0 aromatic heterocycles. The minimum absolute atomic E-state index is 0.151. The van der Waals surface area contributed by atoms with E-state index in [1.165, 1.54) is 0 Å². The van der Waals surface area contributed by atoms with E-state index < -0.39 is 5.38 Å². The molecular formula is C21H16ClNO2. The number of hydrogen-bond donors (Lipinski definition) is 1. The third-order valence-corrected chi connectivity index (χ3v) is 4.24. The fourth-order valence-electron chi connectivity index (χ4n) is 2.50. The summed E-state index contributed by atoms with van der Waals surface area (Å²) in [6.07, 6.45) is 0. The van der Waals surface area contributed by atoms with Gasteiger partial charge in [0, 0.05) is 11.1 Å². The van der Waals surface area contributed by atoms with Gasteiger partial charge in [0.1, 0.15) is 5.38 Å². The van der Waals surface area contributed by atoms with Crippen molar-refractivity contribution in [3.8, 4) is 0 Å². The van der Waals surface area contributed by atoms with Gasteiger partial charge in [-0.25, -0.2) is 0 Å². The second-order valence-electron chi connectivity index (χ2n) is 5.50. The van der Waals surface area contributed by atoms with Crippen molar-refractivity contribution in [2.45, 2.75) is 5.38 Å². The van der Waals surface area contributed by atoms with E-state index in [-0.39, 0.29) is 11.7 Å². The van der Waals surface area contributed by atoms with Crippen LogP contribution in [0.5, 0.6) is 0 Å². The Morgan fingerprint density at radius 1 is 0.760 bits per heavy atom. The summed E-state index contributed by atoms with van der Waals surface area (Å²) in [6.45, 7) is 0. The first-order valence-electron chi connectivity index (χ1n) is 7.85. The van der Waals surface area contributed by atoms with Crippen LogP contribution in [-0.2, 0) is 4.79 Å². The number of halogens is 1. The van der Waals surface area contributed by atoms with Crippen molar-refractivity contribution in [3.05, 3.63) is 102 Å². The van der Waals surface area contributed by atoms with Crippen LogP contribution in [0.1, 0.15) is 26.9 Å². The van der Waals surface area contributed by atoms with Gasteiger partial charge in [-0.15, -0.1) is 11.6 Å². The average Bonchev–Trinajstić information content (AvgIpc) is 2.68. The minimum Gasteiger partial charge on any atom is -0.324 e. The standard InChI is InChI=1S/C21H16ClNO2/c22-19(15-9-3-1-4-10-15)21(25)23-18-14-8-7-13-17(18)20(24)16-11-5-2-6-12-16/h1-14,19H,(H,23,25). The molecule has 0 aliphatic rings. The molecule has 3 aromatic carbocycles.